The highest BCUT2D eigenvalue weighted by Crippen LogP contribution is 2.39. The van der Waals surface area contributed by atoms with Crippen LogP contribution in [0.1, 0.15) is 36.8 Å². The highest BCUT2D eigenvalue weighted by molar-refractivity contribution is 5.88. The summed E-state index contributed by atoms with van der Waals surface area (Å²) >= 11 is 0. The van der Waals surface area contributed by atoms with Crippen molar-refractivity contribution in [1.29, 1.82) is 0 Å². The highest BCUT2D eigenvalue weighted by Gasteiger charge is 2.39. The zero-order valence-electron chi connectivity index (χ0n) is 16.5. The second-order valence-corrected chi connectivity index (χ2v) is 6.87. The van der Waals surface area contributed by atoms with Crippen molar-refractivity contribution in [2.24, 2.45) is 0 Å². The number of alkyl halides is 6. The number of fused-ring (bicyclic) bond motifs is 1. The number of amides is 1. The van der Waals surface area contributed by atoms with Crippen LogP contribution in [0.15, 0.2) is 24.3 Å². The van der Waals surface area contributed by atoms with Crippen LogP contribution in [0, 0.1) is 0 Å². The summed E-state index contributed by atoms with van der Waals surface area (Å²) in [6.07, 6.45) is -12.0. The normalized spacial score (nSPS) is 15.5. The summed E-state index contributed by atoms with van der Waals surface area (Å²) < 4.78 is 80.2. The summed E-state index contributed by atoms with van der Waals surface area (Å²) in [6.45, 7) is 2.69. The molecule has 0 aliphatic rings. The molecule has 0 bridgehead atoms. The second-order valence-electron chi connectivity index (χ2n) is 6.87. The molecule has 0 aliphatic heterocycles. The first-order valence-electron chi connectivity index (χ1n) is 9.22. The monoisotopic (exact) mass is 453 g/mol. The van der Waals surface area contributed by atoms with E-state index >= 15 is 0 Å². The van der Waals surface area contributed by atoms with Crippen LogP contribution >= 0.6 is 0 Å². The Morgan fingerprint density at radius 2 is 1.81 bits per heavy atom. The molecule has 0 aliphatic carbocycles. The Labute approximate surface area is 173 Å². The quantitative estimate of drug-likeness (QED) is 0.484. The van der Waals surface area contributed by atoms with E-state index in [0.717, 1.165) is 12.1 Å². The second kappa shape index (κ2) is 9.37. The molecule has 31 heavy (non-hydrogen) atoms. The predicted molar refractivity (Wildman–Crippen MR) is 98.9 cm³/mol. The molecule has 1 aromatic heterocycles. The number of nitrogens with zero attached hydrogens (tertiary/aromatic N) is 1. The Hall–Kier alpha value is -2.44. The van der Waals surface area contributed by atoms with E-state index in [1.807, 2.05) is 0 Å². The lowest BCUT2D eigenvalue weighted by molar-refractivity contribution is -0.142. The Morgan fingerprint density at radius 3 is 2.32 bits per heavy atom. The zero-order valence-corrected chi connectivity index (χ0v) is 16.5. The molecular formula is C19H21F6N3O3. The number of carbonyl (C=O) groups is 1. The molecule has 0 saturated carbocycles. The summed E-state index contributed by atoms with van der Waals surface area (Å²) in [5.74, 6) is -0.846. The number of hydrogen-bond acceptors (Lipinski definition) is 5. The van der Waals surface area contributed by atoms with Gasteiger partial charge in [-0.2, -0.15) is 26.3 Å². The number of aliphatic hydroxyl groups is 2. The zero-order chi connectivity index (χ0) is 23.6. The minimum Gasteiger partial charge on any atom is -0.394 e. The van der Waals surface area contributed by atoms with E-state index in [9.17, 15) is 36.2 Å². The predicted octanol–water partition coefficient (Wildman–Crippen LogP) is 2.78. The van der Waals surface area contributed by atoms with E-state index < -0.39 is 65.4 Å². The third kappa shape index (κ3) is 5.63. The van der Waals surface area contributed by atoms with Gasteiger partial charge in [0.05, 0.1) is 17.7 Å². The summed E-state index contributed by atoms with van der Waals surface area (Å²) in [6, 6.07) is 0.862. The lowest BCUT2D eigenvalue weighted by Gasteiger charge is -2.26. The molecule has 0 saturated heterocycles. The summed E-state index contributed by atoms with van der Waals surface area (Å²) in [5.41, 5.74) is -4.56. The van der Waals surface area contributed by atoms with Gasteiger partial charge in [-0.3, -0.25) is 4.79 Å². The van der Waals surface area contributed by atoms with Crippen LogP contribution < -0.4 is 10.6 Å². The van der Waals surface area contributed by atoms with Crippen LogP contribution in [0.25, 0.3) is 10.9 Å². The average Bonchev–Trinajstić information content (AvgIpc) is 2.68. The molecule has 3 unspecified atom stereocenters. The van der Waals surface area contributed by atoms with E-state index in [-0.39, 0.29) is 11.9 Å². The van der Waals surface area contributed by atoms with Crippen molar-refractivity contribution in [3.05, 3.63) is 41.1 Å². The molecule has 0 spiro atoms. The maximum atomic E-state index is 13.4. The molecule has 0 radical (unpaired) electrons. The molecule has 6 nitrogen and oxygen atoms in total. The highest BCUT2D eigenvalue weighted by atomic mass is 19.4. The number of aromatic nitrogens is 1. The first-order valence-corrected chi connectivity index (χ1v) is 9.22. The number of nitrogens with one attached hydrogen (secondary N) is 2. The first kappa shape index (κ1) is 24.8. The fraction of sp³-hybridized carbons (Fsp3) is 0.474. The van der Waals surface area contributed by atoms with Crippen LogP contribution in [-0.2, 0) is 17.1 Å². The molecular weight excluding hydrogens is 432 g/mol. The lowest BCUT2D eigenvalue weighted by atomic mass is 9.95. The average molecular weight is 453 g/mol. The largest absolute Gasteiger partial charge is 0.433 e. The van der Waals surface area contributed by atoms with Crippen LogP contribution in [0.3, 0.4) is 0 Å². The molecule has 1 aromatic carbocycles. The maximum Gasteiger partial charge on any atom is 0.433 e. The van der Waals surface area contributed by atoms with Gasteiger partial charge in [0, 0.05) is 11.4 Å². The van der Waals surface area contributed by atoms with Crippen molar-refractivity contribution in [2.75, 3.05) is 13.2 Å². The maximum absolute atomic E-state index is 13.4. The van der Waals surface area contributed by atoms with Gasteiger partial charge >= 0.3 is 12.4 Å². The van der Waals surface area contributed by atoms with Gasteiger partial charge in [0.1, 0.15) is 17.8 Å². The minimum absolute atomic E-state index is 0.117. The number of likely N-dealkylation sites (N-methyl/N-ethyl adjacent to an activating group) is 1. The van der Waals surface area contributed by atoms with E-state index in [4.69, 9.17) is 5.11 Å². The van der Waals surface area contributed by atoms with Crippen molar-refractivity contribution >= 4 is 16.8 Å². The van der Waals surface area contributed by atoms with Gasteiger partial charge in [-0.05, 0) is 31.2 Å². The molecule has 2 aromatic rings. The standard InChI is InChI=1S/C19H21F6N3O3/c1-3-26-15(17(31)27-9(2)8-29)16(30)11-7-13(19(23,24)25)28-14-10(11)5-4-6-12(14)18(20,21)22/h4-7,9,15-16,26,29-30H,3,8H2,1-2H3,(H,27,31). The number of benzene rings is 1. The molecule has 12 heteroatoms. The number of para-hydroxylation sites is 1. The van der Waals surface area contributed by atoms with Crippen molar-refractivity contribution < 1.29 is 41.4 Å². The van der Waals surface area contributed by atoms with Crippen molar-refractivity contribution in [3.63, 3.8) is 0 Å². The van der Waals surface area contributed by atoms with Gasteiger partial charge in [0.2, 0.25) is 5.91 Å². The van der Waals surface area contributed by atoms with Crippen molar-refractivity contribution in [3.8, 4) is 0 Å². The van der Waals surface area contributed by atoms with Crippen molar-refractivity contribution in [1.82, 2.24) is 15.6 Å². The molecule has 1 heterocycles. The van der Waals surface area contributed by atoms with Crippen LogP contribution in [0.5, 0.6) is 0 Å². The molecule has 2 rings (SSSR count). The fourth-order valence-corrected chi connectivity index (χ4v) is 3.02. The third-order valence-corrected chi connectivity index (χ3v) is 4.47. The van der Waals surface area contributed by atoms with E-state index in [1.165, 1.54) is 6.92 Å². The minimum atomic E-state index is -5.09. The molecule has 1 amide bonds. The number of aliphatic hydroxyl groups excluding tert-OH is 2. The van der Waals surface area contributed by atoms with Crippen LogP contribution in [0.2, 0.25) is 0 Å². The third-order valence-electron chi connectivity index (χ3n) is 4.47. The Morgan fingerprint density at radius 1 is 1.16 bits per heavy atom. The van der Waals surface area contributed by atoms with Gasteiger partial charge < -0.3 is 20.8 Å². The van der Waals surface area contributed by atoms with Gasteiger partial charge in [-0.1, -0.05) is 19.1 Å². The van der Waals surface area contributed by atoms with Crippen LogP contribution in [-0.4, -0.2) is 46.3 Å². The Bertz CT molecular complexity index is 932. The Kier molecular flexibility index (Phi) is 7.50. The fourth-order valence-electron chi connectivity index (χ4n) is 3.02. The van der Waals surface area contributed by atoms with E-state index in [2.05, 4.69) is 15.6 Å². The lowest BCUT2D eigenvalue weighted by Crippen LogP contribution is -2.50. The summed E-state index contributed by atoms with van der Waals surface area (Å²) in [4.78, 5) is 15.7. The van der Waals surface area contributed by atoms with Gasteiger partial charge in [0.25, 0.3) is 0 Å². The van der Waals surface area contributed by atoms with Gasteiger partial charge in [0.15, 0.2) is 0 Å². The number of halogens is 6. The topological polar surface area (TPSA) is 94.5 Å². The SMILES string of the molecule is CCNC(C(=O)NC(C)CO)C(O)c1cc(C(F)(F)F)nc2c(C(F)(F)F)cccc12. The smallest absolute Gasteiger partial charge is 0.394 e. The molecule has 3 atom stereocenters. The van der Waals surface area contributed by atoms with Gasteiger partial charge in [-0.15, -0.1) is 0 Å². The summed E-state index contributed by atoms with van der Waals surface area (Å²) in [7, 11) is 0. The number of pyridine rings is 1. The number of carbonyl (C=O) groups excluding carboxylic acids is 1. The van der Waals surface area contributed by atoms with E-state index in [0.29, 0.717) is 12.1 Å². The first-order chi connectivity index (χ1) is 14.3. The van der Waals surface area contributed by atoms with Crippen molar-refractivity contribution in [2.45, 2.75) is 44.4 Å². The van der Waals surface area contributed by atoms with Crippen LogP contribution in [0.4, 0.5) is 26.3 Å². The molecule has 4 N–H and O–H groups in total. The summed E-state index contributed by atoms with van der Waals surface area (Å²) in [5, 5.41) is 24.5. The number of hydrogen-bond donors (Lipinski definition) is 4. The molecule has 0 fully saturated rings. The van der Waals surface area contributed by atoms with E-state index in [1.54, 1.807) is 6.92 Å². The molecule has 172 valence electrons. The van der Waals surface area contributed by atoms with Gasteiger partial charge in [-0.25, -0.2) is 4.98 Å². The number of rotatable bonds is 7. The Balaban J connectivity index is 2.72.